The Kier molecular flexibility index (Phi) is 11.4. The normalized spacial score (nSPS) is 21.6. The molecule has 1 spiro atoms. The first kappa shape index (κ1) is 39.4. The highest BCUT2D eigenvalue weighted by molar-refractivity contribution is 6.04. The average Bonchev–Trinajstić information content (AvgIpc) is 3.67. The van der Waals surface area contributed by atoms with Crippen molar-refractivity contribution in [3.05, 3.63) is 88.7 Å². The van der Waals surface area contributed by atoms with Gasteiger partial charge in [-0.2, -0.15) is 0 Å². The largest absolute Gasteiger partial charge is 0.371 e. The minimum Gasteiger partial charge on any atom is -0.371 e. The van der Waals surface area contributed by atoms with Crippen LogP contribution in [0.5, 0.6) is 0 Å². The van der Waals surface area contributed by atoms with Crippen LogP contribution < -0.4 is 25.3 Å². The molecule has 5 fully saturated rings. The molecule has 1 atom stereocenters. The van der Waals surface area contributed by atoms with Crippen molar-refractivity contribution < 1.29 is 23.6 Å². The number of nitrogens with zero attached hydrogens (tertiary/aromatic N) is 5. The molecular formula is C46H54FN7O4. The predicted molar refractivity (Wildman–Crippen MR) is 224 cm³/mol. The number of imide groups is 1. The maximum absolute atomic E-state index is 15.1. The van der Waals surface area contributed by atoms with Gasteiger partial charge in [-0.25, -0.2) is 4.39 Å². The van der Waals surface area contributed by atoms with Crippen molar-refractivity contribution in [3.63, 3.8) is 0 Å². The molecule has 11 nitrogen and oxygen atoms in total. The van der Waals surface area contributed by atoms with Crippen LogP contribution in [0.25, 0.3) is 0 Å². The van der Waals surface area contributed by atoms with E-state index in [4.69, 9.17) is 6.42 Å². The molecule has 0 aromatic heterocycles. The van der Waals surface area contributed by atoms with Crippen LogP contribution in [0.15, 0.2) is 60.7 Å². The van der Waals surface area contributed by atoms with E-state index >= 15 is 4.39 Å². The molecule has 8 rings (SSSR count). The Morgan fingerprint density at radius 2 is 1.45 bits per heavy atom. The topological polar surface area (TPSA) is 109 Å². The summed E-state index contributed by atoms with van der Waals surface area (Å²) in [6.45, 7) is 10.9. The van der Waals surface area contributed by atoms with Crippen molar-refractivity contribution in [1.82, 2.24) is 20.4 Å². The highest BCUT2D eigenvalue weighted by atomic mass is 19.1. The Labute approximate surface area is 340 Å². The van der Waals surface area contributed by atoms with Gasteiger partial charge < -0.3 is 24.9 Å². The summed E-state index contributed by atoms with van der Waals surface area (Å²) >= 11 is 0. The molecule has 4 amide bonds. The number of halogens is 1. The Hall–Kier alpha value is -5.41. The smallest absolute Gasteiger partial charge is 0.254 e. The lowest BCUT2D eigenvalue weighted by Crippen LogP contribution is -2.53. The Balaban J connectivity index is 0.770. The van der Waals surface area contributed by atoms with Gasteiger partial charge in [0.1, 0.15) is 11.9 Å². The number of nitrogens with one attached hydrogen (secondary N) is 2. The second-order valence-electron chi connectivity index (χ2n) is 16.7. The summed E-state index contributed by atoms with van der Waals surface area (Å²) < 4.78 is 15.1. The van der Waals surface area contributed by atoms with Crippen LogP contribution in [-0.2, 0) is 16.0 Å². The standard InChI is InChI=1S/C46H54FN7O4/c1-3-32-5-10-37(29-33(32)4-2)54-24-19-46(31-54)17-22-50(23-18-46)35-8-6-34(7-9-35)45(58)53-20-15-36(16-21-53)51-25-27-52(28-26-51)38-11-12-39(40(47)30-38)43(56)48-41-13-14-42(55)49-44(41)57/h1,5-12,29-30,36,41H,4,13-28,31H2,2H3,(H,48,56)(H,49,55,57). The first-order valence-corrected chi connectivity index (χ1v) is 21.0. The number of aryl methyl sites for hydroxylation is 1. The fourth-order valence-electron chi connectivity index (χ4n) is 9.74. The summed E-state index contributed by atoms with van der Waals surface area (Å²) in [5, 5.41) is 4.74. The van der Waals surface area contributed by atoms with Gasteiger partial charge in [-0.05, 0) is 117 Å². The van der Waals surface area contributed by atoms with E-state index in [0.29, 0.717) is 17.1 Å². The van der Waals surface area contributed by atoms with E-state index in [1.807, 2.05) is 17.0 Å². The Bertz CT molecular complexity index is 2080. The third-order valence-electron chi connectivity index (χ3n) is 13.4. The number of piperazine rings is 1. The summed E-state index contributed by atoms with van der Waals surface area (Å²) in [6.07, 6.45) is 12.4. The molecule has 5 aliphatic rings. The van der Waals surface area contributed by atoms with Crippen molar-refractivity contribution in [2.24, 2.45) is 5.41 Å². The number of hydrogen-bond acceptors (Lipinski definition) is 8. The highest BCUT2D eigenvalue weighted by Gasteiger charge is 2.41. The molecule has 0 saturated carbocycles. The van der Waals surface area contributed by atoms with Crippen molar-refractivity contribution in [2.45, 2.75) is 70.4 Å². The van der Waals surface area contributed by atoms with E-state index in [0.717, 1.165) is 95.8 Å². The van der Waals surface area contributed by atoms with E-state index in [2.05, 4.69) is 73.4 Å². The molecule has 5 aliphatic heterocycles. The molecular weight excluding hydrogens is 734 g/mol. The third-order valence-corrected chi connectivity index (χ3v) is 13.4. The van der Waals surface area contributed by atoms with Gasteiger partial charge in [0.25, 0.3) is 11.8 Å². The number of benzene rings is 3. The molecule has 304 valence electrons. The maximum atomic E-state index is 15.1. The molecule has 5 heterocycles. The molecule has 3 aromatic rings. The van der Waals surface area contributed by atoms with Gasteiger partial charge in [0.05, 0.1) is 5.56 Å². The summed E-state index contributed by atoms with van der Waals surface area (Å²) in [5.41, 5.74) is 6.38. The number of carbonyl (C=O) groups is 4. The van der Waals surface area contributed by atoms with Crippen LogP contribution in [0.4, 0.5) is 21.5 Å². The quantitative estimate of drug-likeness (QED) is 0.247. The zero-order valence-corrected chi connectivity index (χ0v) is 33.5. The second-order valence-corrected chi connectivity index (χ2v) is 16.7. The number of amides is 4. The van der Waals surface area contributed by atoms with E-state index in [9.17, 15) is 19.2 Å². The van der Waals surface area contributed by atoms with Gasteiger partial charge in [-0.1, -0.05) is 12.8 Å². The number of hydrogen-bond donors (Lipinski definition) is 2. The molecule has 12 heteroatoms. The summed E-state index contributed by atoms with van der Waals surface area (Å²) in [6, 6.07) is 18.9. The fourth-order valence-corrected chi connectivity index (χ4v) is 9.74. The Morgan fingerprint density at radius 1 is 0.810 bits per heavy atom. The summed E-state index contributed by atoms with van der Waals surface area (Å²) in [7, 11) is 0. The lowest BCUT2D eigenvalue weighted by atomic mass is 9.77. The number of likely N-dealkylation sites (tertiary alicyclic amines) is 1. The van der Waals surface area contributed by atoms with Crippen LogP contribution in [0.2, 0.25) is 0 Å². The van der Waals surface area contributed by atoms with Crippen molar-refractivity contribution in [1.29, 1.82) is 0 Å². The molecule has 0 radical (unpaired) electrons. The van der Waals surface area contributed by atoms with Gasteiger partial charge in [0.2, 0.25) is 11.8 Å². The minimum atomic E-state index is -0.863. The van der Waals surface area contributed by atoms with Gasteiger partial charge in [0.15, 0.2) is 0 Å². The zero-order valence-electron chi connectivity index (χ0n) is 33.5. The van der Waals surface area contributed by atoms with Gasteiger partial charge >= 0.3 is 0 Å². The zero-order chi connectivity index (χ0) is 40.4. The molecule has 5 saturated heterocycles. The lowest BCUT2D eigenvalue weighted by molar-refractivity contribution is -0.134. The van der Waals surface area contributed by atoms with Crippen LogP contribution in [0, 0.1) is 23.6 Å². The molecule has 3 aromatic carbocycles. The monoisotopic (exact) mass is 787 g/mol. The number of rotatable bonds is 8. The number of anilines is 3. The van der Waals surface area contributed by atoms with Crippen molar-refractivity contribution in [2.75, 3.05) is 80.1 Å². The average molecular weight is 788 g/mol. The first-order valence-electron chi connectivity index (χ1n) is 21.0. The highest BCUT2D eigenvalue weighted by Crippen LogP contribution is 2.43. The molecule has 58 heavy (non-hydrogen) atoms. The van der Waals surface area contributed by atoms with E-state index in [1.165, 1.54) is 48.3 Å². The van der Waals surface area contributed by atoms with Crippen molar-refractivity contribution in [3.8, 4) is 12.3 Å². The minimum absolute atomic E-state index is 0.0937. The SMILES string of the molecule is C#Cc1ccc(N2CCC3(CCN(c4ccc(C(=O)N5CCC(N6CCN(c7ccc(C(=O)NC8CCC(=O)NC8=O)c(F)c7)CC6)CC5)cc4)CC3)C2)cc1CC. The number of terminal acetylenes is 1. The molecule has 1 unspecified atom stereocenters. The van der Waals surface area contributed by atoms with Gasteiger partial charge in [0, 0.05) is 106 Å². The summed E-state index contributed by atoms with van der Waals surface area (Å²) in [4.78, 5) is 61.3. The predicted octanol–water partition coefficient (Wildman–Crippen LogP) is 4.83. The number of carbonyl (C=O) groups excluding carboxylic acids is 4. The van der Waals surface area contributed by atoms with Gasteiger partial charge in [-0.15, -0.1) is 6.42 Å². The summed E-state index contributed by atoms with van der Waals surface area (Å²) in [5.74, 6) is 0.639. The first-order chi connectivity index (χ1) is 28.1. The van der Waals surface area contributed by atoms with Crippen LogP contribution in [0.1, 0.15) is 83.7 Å². The maximum Gasteiger partial charge on any atom is 0.254 e. The number of piperidine rings is 3. The van der Waals surface area contributed by atoms with E-state index < -0.39 is 23.7 Å². The Morgan fingerprint density at radius 3 is 2.10 bits per heavy atom. The van der Waals surface area contributed by atoms with Gasteiger partial charge in [-0.3, -0.25) is 29.4 Å². The lowest BCUT2D eigenvalue weighted by Gasteiger charge is -2.43. The van der Waals surface area contributed by atoms with Crippen LogP contribution in [0.3, 0.4) is 0 Å². The third kappa shape index (κ3) is 8.28. The fraction of sp³-hybridized carbons (Fsp3) is 0.478. The van der Waals surface area contributed by atoms with Crippen LogP contribution >= 0.6 is 0 Å². The van der Waals surface area contributed by atoms with E-state index in [-0.39, 0.29) is 30.2 Å². The molecule has 0 aliphatic carbocycles. The van der Waals surface area contributed by atoms with Crippen molar-refractivity contribution >= 4 is 40.7 Å². The van der Waals surface area contributed by atoms with E-state index in [1.54, 1.807) is 6.07 Å². The molecule has 2 N–H and O–H groups in total. The van der Waals surface area contributed by atoms with Crippen LogP contribution in [-0.4, -0.2) is 111 Å². The molecule has 0 bridgehead atoms. The second kappa shape index (κ2) is 16.8.